The van der Waals surface area contributed by atoms with Crippen molar-refractivity contribution in [3.8, 4) is 0 Å². The first-order valence-electron chi connectivity index (χ1n) is 8.16. The molecule has 4 heteroatoms. The second-order valence-electron chi connectivity index (χ2n) is 6.13. The molecular weight excluding hydrogens is 252 g/mol. The highest BCUT2D eigenvalue weighted by molar-refractivity contribution is 4.79. The maximum Gasteiger partial charge on any atom is 0.0615 e. The van der Waals surface area contributed by atoms with Gasteiger partial charge in [-0.1, -0.05) is 19.3 Å². The van der Waals surface area contributed by atoms with Crippen LogP contribution in [0.4, 0.5) is 0 Å². The third-order valence-corrected chi connectivity index (χ3v) is 4.40. The number of nitrogens with zero attached hydrogens (tertiary/aromatic N) is 1. The van der Waals surface area contributed by atoms with Crippen molar-refractivity contribution in [2.75, 3.05) is 40.5 Å². The van der Waals surface area contributed by atoms with Gasteiger partial charge in [0, 0.05) is 45.4 Å². The van der Waals surface area contributed by atoms with Gasteiger partial charge in [-0.05, 0) is 26.7 Å². The first-order chi connectivity index (χ1) is 9.69. The second kappa shape index (κ2) is 10.6. The van der Waals surface area contributed by atoms with Gasteiger partial charge in [-0.25, -0.2) is 0 Å². The summed E-state index contributed by atoms with van der Waals surface area (Å²) in [4.78, 5) is 2.49. The number of ether oxygens (including phenoxy) is 2. The Balaban J connectivity index is 2.37. The standard InChI is InChI=1S/C16H34N2O2/c1-14(12-17-16-8-6-5-7-9-16)18(10-11-19-3)15(2)13-20-4/h14-17H,5-13H2,1-4H3. The van der Waals surface area contributed by atoms with E-state index in [2.05, 4.69) is 24.1 Å². The first kappa shape index (κ1) is 17.9. The Hall–Kier alpha value is -0.160. The molecular formula is C16H34N2O2. The summed E-state index contributed by atoms with van der Waals surface area (Å²) < 4.78 is 10.5. The SMILES string of the molecule is COCCN(C(C)CNC1CCCCC1)C(C)COC. The Morgan fingerprint density at radius 3 is 2.35 bits per heavy atom. The zero-order valence-corrected chi connectivity index (χ0v) is 13.9. The third kappa shape index (κ3) is 6.53. The van der Waals surface area contributed by atoms with Crippen molar-refractivity contribution >= 4 is 0 Å². The predicted octanol–water partition coefficient (Wildman–Crippen LogP) is 2.28. The molecule has 0 aliphatic heterocycles. The summed E-state index contributed by atoms with van der Waals surface area (Å²) >= 11 is 0. The van der Waals surface area contributed by atoms with Crippen molar-refractivity contribution in [3.05, 3.63) is 0 Å². The topological polar surface area (TPSA) is 33.7 Å². The number of rotatable bonds is 10. The Kier molecular flexibility index (Phi) is 9.44. The van der Waals surface area contributed by atoms with Crippen LogP contribution in [0.1, 0.15) is 46.0 Å². The van der Waals surface area contributed by atoms with Gasteiger partial charge < -0.3 is 14.8 Å². The largest absolute Gasteiger partial charge is 0.383 e. The lowest BCUT2D eigenvalue weighted by atomic mass is 9.95. The van der Waals surface area contributed by atoms with Gasteiger partial charge in [0.05, 0.1) is 13.2 Å². The molecule has 20 heavy (non-hydrogen) atoms. The van der Waals surface area contributed by atoms with Crippen molar-refractivity contribution in [3.63, 3.8) is 0 Å². The molecule has 2 unspecified atom stereocenters. The van der Waals surface area contributed by atoms with E-state index in [0.29, 0.717) is 12.1 Å². The summed E-state index contributed by atoms with van der Waals surface area (Å²) in [7, 11) is 3.54. The molecule has 0 saturated heterocycles. The number of nitrogens with one attached hydrogen (secondary N) is 1. The fourth-order valence-corrected chi connectivity index (χ4v) is 3.17. The molecule has 4 nitrogen and oxygen atoms in total. The van der Waals surface area contributed by atoms with Crippen LogP contribution >= 0.6 is 0 Å². The van der Waals surface area contributed by atoms with Crippen LogP contribution in [0.5, 0.6) is 0 Å². The molecule has 1 fully saturated rings. The molecule has 0 amide bonds. The van der Waals surface area contributed by atoms with Crippen LogP contribution in [0.25, 0.3) is 0 Å². The quantitative estimate of drug-likeness (QED) is 0.668. The van der Waals surface area contributed by atoms with Crippen molar-refractivity contribution in [2.45, 2.75) is 64.1 Å². The van der Waals surface area contributed by atoms with E-state index < -0.39 is 0 Å². The highest BCUT2D eigenvalue weighted by Crippen LogP contribution is 2.17. The highest BCUT2D eigenvalue weighted by Gasteiger charge is 2.21. The van der Waals surface area contributed by atoms with Gasteiger partial charge in [0.15, 0.2) is 0 Å². The average molecular weight is 286 g/mol. The summed E-state index contributed by atoms with van der Waals surface area (Å²) in [5.74, 6) is 0. The lowest BCUT2D eigenvalue weighted by molar-refractivity contribution is 0.0506. The molecule has 1 aliphatic carbocycles. The van der Waals surface area contributed by atoms with Gasteiger partial charge in [-0.3, -0.25) is 4.90 Å². The summed E-state index contributed by atoms with van der Waals surface area (Å²) in [5.41, 5.74) is 0. The van der Waals surface area contributed by atoms with E-state index in [1.807, 2.05) is 0 Å². The Morgan fingerprint density at radius 2 is 1.75 bits per heavy atom. The second-order valence-corrected chi connectivity index (χ2v) is 6.13. The smallest absolute Gasteiger partial charge is 0.0615 e. The summed E-state index contributed by atoms with van der Waals surface area (Å²) in [5, 5.41) is 3.75. The zero-order valence-electron chi connectivity index (χ0n) is 13.9. The Morgan fingerprint density at radius 1 is 1.05 bits per heavy atom. The highest BCUT2D eigenvalue weighted by atomic mass is 16.5. The van der Waals surface area contributed by atoms with Crippen molar-refractivity contribution < 1.29 is 9.47 Å². The van der Waals surface area contributed by atoms with Gasteiger partial charge in [0.1, 0.15) is 0 Å². The summed E-state index contributed by atoms with van der Waals surface area (Å²) in [6.07, 6.45) is 6.88. The van der Waals surface area contributed by atoms with Gasteiger partial charge in [-0.2, -0.15) is 0 Å². The van der Waals surface area contributed by atoms with E-state index in [4.69, 9.17) is 9.47 Å². The van der Waals surface area contributed by atoms with E-state index in [1.165, 1.54) is 32.1 Å². The van der Waals surface area contributed by atoms with Gasteiger partial charge in [-0.15, -0.1) is 0 Å². The van der Waals surface area contributed by atoms with Crippen molar-refractivity contribution in [1.29, 1.82) is 0 Å². The monoisotopic (exact) mass is 286 g/mol. The molecule has 0 aromatic heterocycles. The molecule has 1 N–H and O–H groups in total. The van der Waals surface area contributed by atoms with Crippen LogP contribution in [0.2, 0.25) is 0 Å². The average Bonchev–Trinajstić information content (AvgIpc) is 2.47. The molecule has 1 saturated carbocycles. The zero-order chi connectivity index (χ0) is 14.8. The van der Waals surface area contributed by atoms with Crippen molar-refractivity contribution in [2.24, 2.45) is 0 Å². The van der Waals surface area contributed by atoms with Gasteiger partial charge in [0.2, 0.25) is 0 Å². The maximum absolute atomic E-state index is 5.31. The third-order valence-electron chi connectivity index (χ3n) is 4.40. The normalized spacial score (nSPS) is 20.2. The number of hydrogen-bond acceptors (Lipinski definition) is 4. The Bertz CT molecular complexity index is 233. The minimum Gasteiger partial charge on any atom is -0.383 e. The minimum absolute atomic E-state index is 0.429. The lowest BCUT2D eigenvalue weighted by Crippen LogP contribution is -2.49. The van der Waals surface area contributed by atoms with E-state index in [-0.39, 0.29) is 0 Å². The van der Waals surface area contributed by atoms with Crippen LogP contribution in [0.3, 0.4) is 0 Å². The van der Waals surface area contributed by atoms with Crippen molar-refractivity contribution in [1.82, 2.24) is 10.2 Å². The maximum atomic E-state index is 5.31. The number of hydrogen-bond donors (Lipinski definition) is 1. The van der Waals surface area contributed by atoms with Gasteiger partial charge in [0.25, 0.3) is 0 Å². The fourth-order valence-electron chi connectivity index (χ4n) is 3.17. The number of methoxy groups -OCH3 is 2. The summed E-state index contributed by atoms with van der Waals surface area (Å²) in [6.45, 7) is 8.12. The van der Waals surface area contributed by atoms with Crippen LogP contribution < -0.4 is 5.32 Å². The minimum atomic E-state index is 0.429. The molecule has 2 atom stereocenters. The van der Waals surface area contributed by atoms with E-state index in [9.17, 15) is 0 Å². The molecule has 0 spiro atoms. The molecule has 0 aromatic rings. The predicted molar refractivity (Wildman–Crippen MR) is 84.3 cm³/mol. The van der Waals surface area contributed by atoms with Crippen LogP contribution in [-0.4, -0.2) is 63.5 Å². The molecule has 120 valence electrons. The van der Waals surface area contributed by atoms with Crippen LogP contribution in [0, 0.1) is 0 Å². The molecule has 1 aliphatic rings. The van der Waals surface area contributed by atoms with Crippen LogP contribution in [0.15, 0.2) is 0 Å². The molecule has 1 rings (SSSR count). The molecule has 0 heterocycles. The molecule has 0 aromatic carbocycles. The van der Waals surface area contributed by atoms with E-state index in [1.54, 1.807) is 14.2 Å². The molecule has 0 bridgehead atoms. The van der Waals surface area contributed by atoms with Gasteiger partial charge >= 0.3 is 0 Å². The Labute approximate surface area is 125 Å². The lowest BCUT2D eigenvalue weighted by Gasteiger charge is -2.35. The van der Waals surface area contributed by atoms with Crippen LogP contribution in [-0.2, 0) is 9.47 Å². The fraction of sp³-hybridized carbons (Fsp3) is 1.00. The molecule has 0 radical (unpaired) electrons. The van der Waals surface area contributed by atoms with E-state index >= 15 is 0 Å². The summed E-state index contributed by atoms with van der Waals surface area (Å²) in [6, 6.07) is 1.67. The van der Waals surface area contributed by atoms with E-state index in [0.717, 1.165) is 32.3 Å². The first-order valence-corrected chi connectivity index (χ1v) is 8.16.